The van der Waals surface area contributed by atoms with Gasteiger partial charge in [0.1, 0.15) is 5.54 Å². The van der Waals surface area contributed by atoms with Gasteiger partial charge in [-0.3, -0.25) is 0 Å². The highest BCUT2D eigenvalue weighted by molar-refractivity contribution is 8.13. The van der Waals surface area contributed by atoms with E-state index in [1.165, 1.54) is 0 Å². The molecule has 1 aliphatic rings. The van der Waals surface area contributed by atoms with E-state index >= 15 is 0 Å². The van der Waals surface area contributed by atoms with Crippen molar-refractivity contribution >= 4 is 57.3 Å². The average molecular weight is 420 g/mol. The molecule has 2 aromatic rings. The van der Waals surface area contributed by atoms with Crippen LogP contribution in [0.5, 0.6) is 0 Å². The summed E-state index contributed by atoms with van der Waals surface area (Å²) < 4.78 is 0. The quantitative estimate of drug-likeness (QED) is 0.532. The first kappa shape index (κ1) is 20.2. The van der Waals surface area contributed by atoms with Gasteiger partial charge in [0.05, 0.1) is 15.7 Å². The number of halogens is 2. The SMILES string of the molecule is CC[C@@]1(C)C(=Nc2c(C)cccc2C)N=C(SC)N1c1ccc(Cl)c(Cl)c1. The molecule has 27 heavy (non-hydrogen) atoms. The molecule has 3 nitrogen and oxygen atoms in total. The number of aryl methyl sites for hydroxylation is 2. The van der Waals surface area contributed by atoms with Crippen molar-refractivity contribution in [2.24, 2.45) is 9.98 Å². The summed E-state index contributed by atoms with van der Waals surface area (Å²) in [4.78, 5) is 12.1. The standard InChI is InChI=1S/C21H23Cl2N3S/c1-6-21(4)19(24-18-13(2)8-7-9-14(18)3)25-20(27-5)26(21)15-10-11-16(22)17(23)12-15/h7-12H,6H2,1-5H3/t21-/m0/s1. The van der Waals surface area contributed by atoms with Crippen molar-refractivity contribution in [2.45, 2.75) is 39.7 Å². The van der Waals surface area contributed by atoms with Crippen LogP contribution in [-0.4, -0.2) is 22.8 Å². The predicted octanol–water partition coefficient (Wildman–Crippen LogP) is 7.05. The summed E-state index contributed by atoms with van der Waals surface area (Å²) >= 11 is 14.0. The number of anilines is 1. The summed E-state index contributed by atoms with van der Waals surface area (Å²) in [6.45, 7) is 8.50. The Morgan fingerprint density at radius 3 is 2.33 bits per heavy atom. The van der Waals surface area contributed by atoms with Crippen molar-refractivity contribution in [3.05, 3.63) is 57.6 Å². The van der Waals surface area contributed by atoms with Crippen LogP contribution in [0.25, 0.3) is 0 Å². The maximum atomic E-state index is 6.29. The van der Waals surface area contributed by atoms with E-state index in [0.717, 1.165) is 39.9 Å². The van der Waals surface area contributed by atoms with E-state index in [-0.39, 0.29) is 5.54 Å². The van der Waals surface area contributed by atoms with E-state index < -0.39 is 0 Å². The number of hydrogen-bond acceptors (Lipinski definition) is 3. The van der Waals surface area contributed by atoms with E-state index in [4.69, 9.17) is 33.2 Å². The van der Waals surface area contributed by atoms with Crippen LogP contribution in [0.15, 0.2) is 46.4 Å². The number of hydrogen-bond donors (Lipinski definition) is 0. The van der Waals surface area contributed by atoms with E-state index in [0.29, 0.717) is 10.0 Å². The molecule has 142 valence electrons. The van der Waals surface area contributed by atoms with E-state index in [1.54, 1.807) is 11.8 Å². The van der Waals surface area contributed by atoms with Gasteiger partial charge in [0.2, 0.25) is 0 Å². The van der Waals surface area contributed by atoms with Gasteiger partial charge in [0.15, 0.2) is 11.0 Å². The molecule has 1 aliphatic heterocycles. The third-order valence-corrected chi connectivity index (χ3v) is 6.44. The Morgan fingerprint density at radius 2 is 1.78 bits per heavy atom. The van der Waals surface area contributed by atoms with Crippen molar-refractivity contribution in [1.82, 2.24) is 0 Å². The van der Waals surface area contributed by atoms with Crippen LogP contribution in [0.2, 0.25) is 10.0 Å². The van der Waals surface area contributed by atoms with Gasteiger partial charge in [-0.15, -0.1) is 0 Å². The zero-order valence-electron chi connectivity index (χ0n) is 16.2. The lowest BCUT2D eigenvalue weighted by atomic mass is 9.95. The Labute approximate surface area is 175 Å². The number of rotatable bonds is 3. The first-order chi connectivity index (χ1) is 12.8. The molecule has 0 bridgehead atoms. The summed E-state index contributed by atoms with van der Waals surface area (Å²) in [6.07, 6.45) is 2.88. The molecule has 0 saturated carbocycles. The molecular formula is C21H23Cl2N3S. The smallest absolute Gasteiger partial charge is 0.170 e. The van der Waals surface area contributed by atoms with Crippen LogP contribution in [-0.2, 0) is 0 Å². The van der Waals surface area contributed by atoms with Crippen LogP contribution in [0.3, 0.4) is 0 Å². The largest absolute Gasteiger partial charge is 0.308 e. The van der Waals surface area contributed by atoms with Gasteiger partial charge < -0.3 is 4.90 Å². The minimum Gasteiger partial charge on any atom is -0.308 e. The lowest BCUT2D eigenvalue weighted by molar-refractivity contribution is 0.605. The maximum absolute atomic E-state index is 6.29. The molecule has 0 N–H and O–H groups in total. The molecule has 0 saturated heterocycles. The summed E-state index contributed by atoms with van der Waals surface area (Å²) in [5, 5.41) is 1.99. The molecule has 0 spiro atoms. The van der Waals surface area contributed by atoms with Crippen LogP contribution in [0.1, 0.15) is 31.4 Å². The Morgan fingerprint density at radius 1 is 1.11 bits per heavy atom. The molecular weight excluding hydrogens is 397 g/mol. The topological polar surface area (TPSA) is 28.0 Å². The lowest BCUT2D eigenvalue weighted by Crippen LogP contribution is -2.48. The zero-order chi connectivity index (χ0) is 19.8. The minimum absolute atomic E-state index is 0.371. The highest BCUT2D eigenvalue weighted by Gasteiger charge is 2.44. The summed E-state index contributed by atoms with van der Waals surface area (Å²) in [5.41, 5.74) is 3.88. The molecule has 2 aromatic carbocycles. The number of para-hydroxylation sites is 1. The summed E-state index contributed by atoms with van der Waals surface area (Å²) in [7, 11) is 0. The first-order valence-electron chi connectivity index (χ1n) is 8.85. The second-order valence-electron chi connectivity index (χ2n) is 6.84. The Bertz CT molecular complexity index is 919. The monoisotopic (exact) mass is 419 g/mol. The fourth-order valence-electron chi connectivity index (χ4n) is 3.28. The third-order valence-electron chi connectivity index (χ3n) is 5.06. The number of aliphatic imine (C=N–C) groups is 2. The zero-order valence-corrected chi connectivity index (χ0v) is 18.5. The second kappa shape index (κ2) is 7.86. The summed E-state index contributed by atoms with van der Waals surface area (Å²) in [6, 6.07) is 11.9. The number of amidine groups is 2. The maximum Gasteiger partial charge on any atom is 0.170 e. The number of benzene rings is 2. The van der Waals surface area contributed by atoms with Crippen LogP contribution >= 0.6 is 35.0 Å². The van der Waals surface area contributed by atoms with Gasteiger partial charge in [-0.1, -0.05) is 60.1 Å². The summed E-state index contributed by atoms with van der Waals surface area (Å²) in [5.74, 6) is 0.817. The predicted molar refractivity (Wildman–Crippen MR) is 122 cm³/mol. The fraction of sp³-hybridized carbons (Fsp3) is 0.333. The van der Waals surface area contributed by atoms with E-state index in [2.05, 4.69) is 50.8 Å². The highest BCUT2D eigenvalue weighted by Crippen LogP contribution is 2.40. The second-order valence-corrected chi connectivity index (χ2v) is 8.42. The van der Waals surface area contributed by atoms with Crippen molar-refractivity contribution < 1.29 is 0 Å². The first-order valence-corrected chi connectivity index (χ1v) is 10.8. The van der Waals surface area contributed by atoms with Gasteiger partial charge in [-0.05, 0) is 62.8 Å². The van der Waals surface area contributed by atoms with Crippen molar-refractivity contribution in [3.63, 3.8) is 0 Å². The molecule has 0 fully saturated rings. The average Bonchev–Trinajstić information content (AvgIpc) is 2.93. The molecule has 3 rings (SSSR count). The van der Waals surface area contributed by atoms with E-state index in [9.17, 15) is 0 Å². The normalized spacial score (nSPS) is 21.1. The van der Waals surface area contributed by atoms with Gasteiger partial charge in [-0.2, -0.15) is 0 Å². The van der Waals surface area contributed by atoms with Gasteiger partial charge in [0, 0.05) is 5.69 Å². The minimum atomic E-state index is -0.371. The molecule has 0 aliphatic carbocycles. The van der Waals surface area contributed by atoms with Gasteiger partial charge >= 0.3 is 0 Å². The molecule has 0 aromatic heterocycles. The van der Waals surface area contributed by atoms with Gasteiger partial charge in [-0.25, -0.2) is 9.98 Å². The van der Waals surface area contributed by atoms with Gasteiger partial charge in [0.25, 0.3) is 0 Å². The number of nitrogens with zero attached hydrogens (tertiary/aromatic N) is 3. The Kier molecular flexibility index (Phi) is 5.90. The lowest BCUT2D eigenvalue weighted by Gasteiger charge is -2.36. The van der Waals surface area contributed by atoms with Crippen molar-refractivity contribution in [1.29, 1.82) is 0 Å². The van der Waals surface area contributed by atoms with Crippen molar-refractivity contribution in [2.75, 3.05) is 11.2 Å². The van der Waals surface area contributed by atoms with Crippen LogP contribution < -0.4 is 4.90 Å². The fourth-order valence-corrected chi connectivity index (χ4v) is 4.24. The molecule has 0 unspecified atom stereocenters. The molecule has 1 heterocycles. The molecule has 0 amide bonds. The van der Waals surface area contributed by atoms with Crippen molar-refractivity contribution in [3.8, 4) is 0 Å². The number of thioether (sulfide) groups is 1. The van der Waals surface area contributed by atoms with E-state index in [1.807, 2.05) is 24.5 Å². The third kappa shape index (κ3) is 3.63. The van der Waals surface area contributed by atoms with Crippen LogP contribution in [0, 0.1) is 13.8 Å². The molecule has 1 atom stereocenters. The molecule has 6 heteroatoms. The van der Waals surface area contributed by atoms with Crippen LogP contribution in [0.4, 0.5) is 11.4 Å². The Balaban J connectivity index is 2.16. The molecule has 0 radical (unpaired) electrons. The highest BCUT2D eigenvalue weighted by atomic mass is 35.5. The Hall–Kier alpha value is -1.49.